The molecule has 3 aromatic carbocycles. The maximum absolute atomic E-state index is 10.8. The Morgan fingerprint density at radius 3 is 2.50 bits per heavy atom. The molecule has 0 aliphatic heterocycles. The lowest BCUT2D eigenvalue weighted by atomic mass is 9.85. The quantitative estimate of drug-likeness (QED) is 0.671. The van der Waals surface area contributed by atoms with Crippen molar-refractivity contribution < 1.29 is 5.11 Å². The highest BCUT2D eigenvalue weighted by Crippen LogP contribution is 2.30. The normalized spacial score (nSPS) is 20.5. The molecule has 0 saturated heterocycles. The van der Waals surface area contributed by atoms with Crippen molar-refractivity contribution in [2.45, 2.75) is 12.1 Å². The van der Waals surface area contributed by atoms with Gasteiger partial charge in [-0.05, 0) is 26.8 Å². The van der Waals surface area contributed by atoms with Crippen molar-refractivity contribution in [3.8, 4) is 0 Å². The maximum Gasteiger partial charge on any atom is 0.144 e. The van der Waals surface area contributed by atoms with Gasteiger partial charge in [0.25, 0.3) is 0 Å². The molecule has 2 heteroatoms. The molecule has 0 aromatic heterocycles. The lowest BCUT2D eigenvalue weighted by Gasteiger charge is -2.29. The third-order valence-electron chi connectivity index (χ3n) is 4.36. The number of rotatable bonds is 1. The van der Waals surface area contributed by atoms with Crippen molar-refractivity contribution in [2.24, 2.45) is 5.73 Å². The van der Waals surface area contributed by atoms with Gasteiger partial charge in [-0.1, -0.05) is 72.8 Å². The van der Waals surface area contributed by atoms with Crippen molar-refractivity contribution in [2.75, 3.05) is 0 Å². The van der Waals surface area contributed by atoms with Crippen LogP contribution in [0.3, 0.4) is 0 Å². The number of hydrogen-bond donors (Lipinski definition) is 2. The predicted molar refractivity (Wildman–Crippen MR) is 90.4 cm³/mol. The summed E-state index contributed by atoms with van der Waals surface area (Å²) < 4.78 is 0. The fraction of sp³-hybridized carbons (Fsp3) is 0.100. The van der Waals surface area contributed by atoms with E-state index in [2.05, 4.69) is 24.3 Å². The lowest BCUT2D eigenvalue weighted by Crippen LogP contribution is -2.49. The molecule has 1 aliphatic rings. The van der Waals surface area contributed by atoms with Crippen LogP contribution in [-0.4, -0.2) is 10.8 Å². The van der Waals surface area contributed by atoms with Gasteiger partial charge >= 0.3 is 0 Å². The maximum atomic E-state index is 10.8. The first-order valence-corrected chi connectivity index (χ1v) is 7.46. The molecular formula is C20H17NO. The van der Waals surface area contributed by atoms with Gasteiger partial charge in [-0.2, -0.15) is 0 Å². The zero-order valence-electron chi connectivity index (χ0n) is 12.2. The molecule has 0 heterocycles. The molecule has 108 valence electrons. The molecule has 0 fully saturated rings. The fourth-order valence-corrected chi connectivity index (χ4v) is 3.33. The van der Waals surface area contributed by atoms with Gasteiger partial charge in [0.2, 0.25) is 0 Å². The SMILES string of the molecule is N[C@@]1(O)CC=c2ccccc2=C1c1cccc2ccccc12. The third kappa shape index (κ3) is 1.97. The number of hydrogen-bond acceptors (Lipinski definition) is 2. The molecule has 4 rings (SSSR count). The highest BCUT2D eigenvalue weighted by Gasteiger charge is 2.30. The summed E-state index contributed by atoms with van der Waals surface area (Å²) in [5, 5.41) is 15.2. The van der Waals surface area contributed by atoms with Crippen molar-refractivity contribution in [3.63, 3.8) is 0 Å². The first-order chi connectivity index (χ1) is 10.7. The Bertz CT molecular complexity index is 981. The summed E-state index contributed by atoms with van der Waals surface area (Å²) in [7, 11) is 0. The Hall–Kier alpha value is -2.42. The van der Waals surface area contributed by atoms with Crippen molar-refractivity contribution >= 4 is 22.4 Å². The number of nitrogens with two attached hydrogens (primary N) is 1. The smallest absolute Gasteiger partial charge is 0.144 e. The number of fused-ring (bicyclic) bond motifs is 2. The fourth-order valence-electron chi connectivity index (χ4n) is 3.33. The van der Waals surface area contributed by atoms with Crippen LogP contribution in [0.4, 0.5) is 0 Å². The average molecular weight is 287 g/mol. The molecule has 0 amide bonds. The molecule has 3 N–H and O–H groups in total. The predicted octanol–water partition coefficient (Wildman–Crippen LogP) is 1.87. The number of benzene rings is 3. The van der Waals surface area contributed by atoms with Crippen LogP contribution in [0.25, 0.3) is 22.4 Å². The summed E-state index contributed by atoms with van der Waals surface area (Å²) in [6.07, 6.45) is 2.42. The van der Waals surface area contributed by atoms with Gasteiger partial charge in [-0.25, -0.2) is 0 Å². The minimum Gasteiger partial charge on any atom is -0.371 e. The van der Waals surface area contributed by atoms with Crippen molar-refractivity contribution in [3.05, 3.63) is 82.7 Å². The van der Waals surface area contributed by atoms with E-state index in [4.69, 9.17) is 5.73 Å². The topological polar surface area (TPSA) is 46.2 Å². The highest BCUT2D eigenvalue weighted by atomic mass is 16.3. The summed E-state index contributed by atoms with van der Waals surface area (Å²) in [6.45, 7) is 0. The average Bonchev–Trinajstić information content (AvgIpc) is 2.54. The summed E-state index contributed by atoms with van der Waals surface area (Å²) in [5.41, 5.74) is 6.71. The Morgan fingerprint density at radius 2 is 1.59 bits per heavy atom. The minimum absolute atomic E-state index is 0.419. The Kier molecular flexibility index (Phi) is 2.89. The van der Waals surface area contributed by atoms with Gasteiger partial charge in [0.1, 0.15) is 5.72 Å². The van der Waals surface area contributed by atoms with Gasteiger partial charge in [-0.15, -0.1) is 0 Å². The molecule has 2 nitrogen and oxygen atoms in total. The van der Waals surface area contributed by atoms with Gasteiger partial charge in [-0.3, -0.25) is 5.73 Å². The minimum atomic E-state index is -1.35. The van der Waals surface area contributed by atoms with E-state index >= 15 is 0 Å². The Morgan fingerprint density at radius 1 is 0.864 bits per heavy atom. The molecule has 3 aromatic rings. The molecule has 0 spiro atoms. The van der Waals surface area contributed by atoms with E-state index in [-0.39, 0.29) is 0 Å². The zero-order valence-corrected chi connectivity index (χ0v) is 12.2. The summed E-state index contributed by atoms with van der Waals surface area (Å²) in [6, 6.07) is 22.4. The second kappa shape index (κ2) is 4.80. The second-order valence-electron chi connectivity index (χ2n) is 5.82. The molecule has 1 atom stereocenters. The molecule has 22 heavy (non-hydrogen) atoms. The molecule has 0 unspecified atom stereocenters. The Labute approximate surface area is 128 Å². The summed E-state index contributed by atoms with van der Waals surface area (Å²) in [4.78, 5) is 0. The number of aliphatic hydroxyl groups is 1. The first-order valence-electron chi connectivity index (χ1n) is 7.46. The van der Waals surface area contributed by atoms with Crippen LogP contribution >= 0.6 is 0 Å². The molecule has 0 radical (unpaired) electrons. The zero-order chi connectivity index (χ0) is 15.2. The first kappa shape index (κ1) is 13.3. The van der Waals surface area contributed by atoms with E-state index < -0.39 is 5.72 Å². The Balaban J connectivity index is 2.19. The van der Waals surface area contributed by atoms with Crippen molar-refractivity contribution in [1.29, 1.82) is 0 Å². The largest absolute Gasteiger partial charge is 0.371 e. The second-order valence-corrected chi connectivity index (χ2v) is 5.82. The van der Waals surface area contributed by atoms with Crippen LogP contribution in [-0.2, 0) is 0 Å². The molecule has 0 bridgehead atoms. The van der Waals surface area contributed by atoms with Crippen molar-refractivity contribution in [1.82, 2.24) is 0 Å². The summed E-state index contributed by atoms with van der Waals surface area (Å²) >= 11 is 0. The molecular weight excluding hydrogens is 270 g/mol. The highest BCUT2D eigenvalue weighted by molar-refractivity contribution is 5.95. The van der Waals surface area contributed by atoms with Crippen LogP contribution in [0.15, 0.2) is 66.7 Å². The van der Waals surface area contributed by atoms with Crippen LogP contribution in [0.2, 0.25) is 0 Å². The molecule has 0 saturated carbocycles. The van der Waals surface area contributed by atoms with Gasteiger partial charge < -0.3 is 5.11 Å². The third-order valence-corrected chi connectivity index (χ3v) is 4.36. The van der Waals surface area contributed by atoms with Gasteiger partial charge in [0.05, 0.1) is 0 Å². The van der Waals surface area contributed by atoms with Crippen LogP contribution in [0.5, 0.6) is 0 Å². The lowest BCUT2D eigenvalue weighted by molar-refractivity contribution is 0.115. The summed E-state index contributed by atoms with van der Waals surface area (Å²) in [5.74, 6) is 0. The van der Waals surface area contributed by atoms with E-state index in [1.165, 1.54) is 0 Å². The van der Waals surface area contributed by atoms with Gasteiger partial charge in [0, 0.05) is 12.0 Å². The van der Waals surface area contributed by atoms with E-state index in [1.807, 2.05) is 48.5 Å². The van der Waals surface area contributed by atoms with Crippen LogP contribution in [0, 0.1) is 0 Å². The van der Waals surface area contributed by atoms with E-state index in [0.717, 1.165) is 32.3 Å². The monoisotopic (exact) mass is 287 g/mol. The van der Waals surface area contributed by atoms with Crippen LogP contribution in [0.1, 0.15) is 12.0 Å². The standard InChI is InChI=1S/C20H17NO/c21-20(22)13-12-15-7-2-4-10-17(15)19(20)18-11-5-8-14-6-1-3-9-16(14)18/h1-12,22H,13,21H2/t20-/m1/s1. The van der Waals surface area contributed by atoms with Crippen LogP contribution < -0.4 is 16.2 Å². The van der Waals surface area contributed by atoms with E-state index in [9.17, 15) is 5.11 Å². The van der Waals surface area contributed by atoms with E-state index in [1.54, 1.807) is 0 Å². The van der Waals surface area contributed by atoms with Gasteiger partial charge in [0.15, 0.2) is 0 Å². The van der Waals surface area contributed by atoms with E-state index in [0.29, 0.717) is 6.42 Å². The molecule has 1 aliphatic carbocycles.